The summed E-state index contributed by atoms with van der Waals surface area (Å²) in [6.45, 7) is 2.64. The van der Waals surface area contributed by atoms with E-state index in [0.717, 1.165) is 17.0 Å². The lowest BCUT2D eigenvalue weighted by Gasteiger charge is -2.08. The second kappa shape index (κ2) is 8.41. The third-order valence-electron chi connectivity index (χ3n) is 3.92. The molecular weight excluding hydrogens is 344 g/mol. The standard InChI is InChI=1S/C19H22N6O2/c1-13-7-8-18(27-3)17(21-13)12-25-11-16(23-24-25)14-5-4-6-15(9-14)22-19(26)10-20-2/h4-9,11,20H,10,12H2,1-3H3,(H,22,26). The van der Waals surface area contributed by atoms with Gasteiger partial charge in [0.05, 0.1) is 26.4 Å². The van der Waals surface area contributed by atoms with Crippen LogP contribution >= 0.6 is 0 Å². The molecule has 0 saturated heterocycles. The van der Waals surface area contributed by atoms with Crippen LogP contribution in [0.5, 0.6) is 5.75 Å². The van der Waals surface area contributed by atoms with Crippen molar-refractivity contribution < 1.29 is 9.53 Å². The van der Waals surface area contributed by atoms with E-state index < -0.39 is 0 Å². The Kier molecular flexibility index (Phi) is 5.77. The van der Waals surface area contributed by atoms with E-state index in [2.05, 4.69) is 25.9 Å². The minimum absolute atomic E-state index is 0.101. The molecule has 1 aromatic carbocycles. The molecule has 0 atom stereocenters. The van der Waals surface area contributed by atoms with E-state index in [1.54, 1.807) is 18.8 Å². The van der Waals surface area contributed by atoms with Crippen molar-refractivity contribution >= 4 is 11.6 Å². The highest BCUT2D eigenvalue weighted by atomic mass is 16.5. The van der Waals surface area contributed by atoms with Gasteiger partial charge in [0.1, 0.15) is 17.1 Å². The number of pyridine rings is 1. The van der Waals surface area contributed by atoms with E-state index in [9.17, 15) is 4.79 Å². The monoisotopic (exact) mass is 366 g/mol. The molecule has 0 aliphatic rings. The summed E-state index contributed by atoms with van der Waals surface area (Å²) < 4.78 is 7.08. The number of carbonyl (C=O) groups is 1. The molecule has 0 radical (unpaired) electrons. The summed E-state index contributed by atoms with van der Waals surface area (Å²) in [5.74, 6) is 0.614. The number of nitrogens with zero attached hydrogens (tertiary/aromatic N) is 4. The molecule has 0 fully saturated rings. The number of methoxy groups -OCH3 is 1. The minimum Gasteiger partial charge on any atom is -0.495 e. The number of rotatable bonds is 7. The van der Waals surface area contributed by atoms with Crippen LogP contribution in [0.4, 0.5) is 5.69 Å². The molecule has 1 amide bonds. The summed E-state index contributed by atoms with van der Waals surface area (Å²) >= 11 is 0. The van der Waals surface area contributed by atoms with Crippen LogP contribution in [0.15, 0.2) is 42.6 Å². The molecule has 2 heterocycles. The number of benzene rings is 1. The molecule has 2 aromatic heterocycles. The number of hydrogen-bond donors (Lipinski definition) is 2. The molecule has 0 saturated carbocycles. The van der Waals surface area contributed by atoms with Crippen LogP contribution in [-0.4, -0.2) is 46.6 Å². The Morgan fingerprint density at radius 1 is 1.26 bits per heavy atom. The topological polar surface area (TPSA) is 94.0 Å². The number of anilines is 1. The lowest BCUT2D eigenvalue weighted by atomic mass is 10.1. The third-order valence-corrected chi connectivity index (χ3v) is 3.92. The zero-order chi connectivity index (χ0) is 19.2. The number of aryl methyl sites for hydroxylation is 1. The summed E-state index contributed by atoms with van der Waals surface area (Å²) in [6, 6.07) is 11.3. The van der Waals surface area contributed by atoms with Gasteiger partial charge in [-0.3, -0.25) is 9.78 Å². The number of carbonyl (C=O) groups excluding carboxylic acids is 1. The SMILES string of the molecule is CNCC(=O)Nc1cccc(-c2cn(Cc3nc(C)ccc3OC)nn2)c1. The van der Waals surface area contributed by atoms with Gasteiger partial charge < -0.3 is 15.4 Å². The van der Waals surface area contributed by atoms with E-state index in [-0.39, 0.29) is 12.5 Å². The normalized spacial score (nSPS) is 10.6. The number of amides is 1. The first-order valence-corrected chi connectivity index (χ1v) is 8.54. The van der Waals surface area contributed by atoms with E-state index in [0.29, 0.717) is 23.7 Å². The molecular formula is C19H22N6O2. The number of nitrogens with one attached hydrogen (secondary N) is 2. The van der Waals surface area contributed by atoms with Crippen molar-refractivity contribution in [3.63, 3.8) is 0 Å². The average molecular weight is 366 g/mol. The quantitative estimate of drug-likeness (QED) is 0.663. The Balaban J connectivity index is 1.78. The second-order valence-electron chi connectivity index (χ2n) is 6.06. The van der Waals surface area contributed by atoms with Gasteiger partial charge in [-0.25, -0.2) is 4.68 Å². The highest BCUT2D eigenvalue weighted by Crippen LogP contribution is 2.22. The summed E-state index contributed by atoms with van der Waals surface area (Å²) in [5.41, 5.74) is 4.00. The fourth-order valence-electron chi connectivity index (χ4n) is 2.68. The molecule has 0 unspecified atom stereocenters. The van der Waals surface area contributed by atoms with Gasteiger partial charge in [-0.2, -0.15) is 0 Å². The molecule has 0 aliphatic heterocycles. The van der Waals surface area contributed by atoms with E-state index in [1.807, 2.05) is 49.5 Å². The fourth-order valence-corrected chi connectivity index (χ4v) is 2.68. The largest absolute Gasteiger partial charge is 0.495 e. The molecule has 3 aromatic rings. The summed E-state index contributed by atoms with van der Waals surface area (Å²) in [6.07, 6.45) is 1.85. The average Bonchev–Trinajstić information content (AvgIpc) is 3.11. The first-order chi connectivity index (χ1) is 13.1. The molecule has 8 heteroatoms. The second-order valence-corrected chi connectivity index (χ2v) is 6.06. The van der Waals surface area contributed by atoms with Crippen LogP contribution in [0.25, 0.3) is 11.3 Å². The van der Waals surface area contributed by atoms with Gasteiger partial charge in [0.25, 0.3) is 0 Å². The van der Waals surface area contributed by atoms with Gasteiger partial charge in [0.2, 0.25) is 5.91 Å². The van der Waals surface area contributed by atoms with E-state index in [4.69, 9.17) is 4.74 Å². The highest BCUT2D eigenvalue weighted by molar-refractivity contribution is 5.92. The van der Waals surface area contributed by atoms with Gasteiger partial charge in [-0.05, 0) is 38.2 Å². The zero-order valence-electron chi connectivity index (χ0n) is 15.6. The first kappa shape index (κ1) is 18.5. The number of hydrogen-bond acceptors (Lipinski definition) is 6. The lowest BCUT2D eigenvalue weighted by molar-refractivity contribution is -0.115. The van der Waals surface area contributed by atoms with Crippen LogP contribution in [0.1, 0.15) is 11.4 Å². The molecule has 0 bridgehead atoms. The van der Waals surface area contributed by atoms with Crippen LogP contribution < -0.4 is 15.4 Å². The maximum Gasteiger partial charge on any atom is 0.238 e. The predicted molar refractivity (Wildman–Crippen MR) is 103 cm³/mol. The van der Waals surface area contributed by atoms with Crippen molar-refractivity contribution in [1.29, 1.82) is 0 Å². The van der Waals surface area contributed by atoms with Crippen LogP contribution in [0.3, 0.4) is 0 Å². The zero-order valence-corrected chi connectivity index (χ0v) is 15.6. The Morgan fingerprint density at radius 2 is 2.11 bits per heavy atom. The number of ether oxygens (including phenoxy) is 1. The highest BCUT2D eigenvalue weighted by Gasteiger charge is 2.10. The number of likely N-dealkylation sites (N-methyl/N-ethyl adjacent to an activating group) is 1. The molecule has 3 rings (SSSR count). The maximum atomic E-state index is 11.7. The fraction of sp³-hybridized carbons (Fsp3) is 0.263. The summed E-state index contributed by atoms with van der Waals surface area (Å²) in [7, 11) is 3.35. The minimum atomic E-state index is -0.101. The maximum absolute atomic E-state index is 11.7. The Morgan fingerprint density at radius 3 is 2.89 bits per heavy atom. The predicted octanol–water partition coefficient (Wildman–Crippen LogP) is 1.86. The van der Waals surface area contributed by atoms with Crippen molar-refractivity contribution in [1.82, 2.24) is 25.3 Å². The molecule has 2 N–H and O–H groups in total. The van der Waals surface area contributed by atoms with Crippen molar-refractivity contribution in [2.75, 3.05) is 26.0 Å². The Bertz CT molecular complexity index is 937. The van der Waals surface area contributed by atoms with Crippen molar-refractivity contribution in [2.24, 2.45) is 0 Å². The van der Waals surface area contributed by atoms with Crippen LogP contribution in [0.2, 0.25) is 0 Å². The molecule has 8 nitrogen and oxygen atoms in total. The van der Waals surface area contributed by atoms with Crippen molar-refractivity contribution in [3.05, 3.63) is 54.0 Å². The van der Waals surface area contributed by atoms with Crippen molar-refractivity contribution in [2.45, 2.75) is 13.5 Å². The Labute approximate surface area is 157 Å². The first-order valence-electron chi connectivity index (χ1n) is 8.54. The van der Waals surface area contributed by atoms with E-state index in [1.165, 1.54) is 0 Å². The van der Waals surface area contributed by atoms with Gasteiger partial charge in [-0.1, -0.05) is 17.3 Å². The molecule has 0 spiro atoms. The summed E-state index contributed by atoms with van der Waals surface area (Å²) in [5, 5.41) is 14.1. The van der Waals surface area contributed by atoms with Gasteiger partial charge in [0, 0.05) is 16.9 Å². The van der Waals surface area contributed by atoms with E-state index >= 15 is 0 Å². The van der Waals surface area contributed by atoms with Crippen LogP contribution in [-0.2, 0) is 11.3 Å². The lowest BCUT2D eigenvalue weighted by Crippen LogP contribution is -2.24. The smallest absolute Gasteiger partial charge is 0.238 e. The molecule has 27 heavy (non-hydrogen) atoms. The number of aromatic nitrogens is 4. The third kappa shape index (κ3) is 4.68. The molecule has 0 aliphatic carbocycles. The van der Waals surface area contributed by atoms with Gasteiger partial charge in [-0.15, -0.1) is 5.10 Å². The van der Waals surface area contributed by atoms with Crippen LogP contribution in [0, 0.1) is 6.92 Å². The Hall–Kier alpha value is -3.26. The van der Waals surface area contributed by atoms with Crippen molar-refractivity contribution in [3.8, 4) is 17.0 Å². The van der Waals surface area contributed by atoms with Gasteiger partial charge in [0.15, 0.2) is 0 Å². The summed E-state index contributed by atoms with van der Waals surface area (Å²) in [4.78, 5) is 16.2. The molecule has 140 valence electrons. The van der Waals surface area contributed by atoms with Gasteiger partial charge >= 0.3 is 0 Å².